The lowest BCUT2D eigenvalue weighted by Crippen LogP contribution is -2.27. The average Bonchev–Trinajstić information content (AvgIpc) is 2.58. The number of ether oxygens (including phenoxy) is 1. The number of hydrogen-bond acceptors (Lipinski definition) is 5. The van der Waals surface area contributed by atoms with Crippen molar-refractivity contribution in [1.29, 1.82) is 0 Å². The first-order valence-electron chi connectivity index (χ1n) is 8.42. The molecule has 0 aliphatic carbocycles. The Morgan fingerprint density at radius 3 is 2.80 bits per heavy atom. The molecule has 1 atom stereocenters. The van der Waals surface area contributed by atoms with Gasteiger partial charge in [-0.2, -0.15) is 0 Å². The molecule has 0 aliphatic heterocycles. The molecule has 0 fully saturated rings. The molecule has 1 N–H and O–H groups in total. The summed E-state index contributed by atoms with van der Waals surface area (Å²) in [6.45, 7) is 6.96. The summed E-state index contributed by atoms with van der Waals surface area (Å²) < 4.78 is 19.7. The number of rotatable bonds is 12. The molecule has 1 rings (SSSR count). The largest absolute Gasteiger partial charge is 0.377 e. The molecule has 0 saturated heterocycles. The molecule has 1 aromatic rings. The maximum atomic E-state index is 13.9. The average molecular weight is 386 g/mol. The fourth-order valence-corrected chi connectivity index (χ4v) is 2.98. The molecular formula is C19H28FNO2S2. The van der Waals surface area contributed by atoms with Gasteiger partial charge in [-0.05, 0) is 48.9 Å². The van der Waals surface area contributed by atoms with Crippen molar-refractivity contribution < 1.29 is 13.9 Å². The molecule has 0 aromatic heterocycles. The normalized spacial score (nSPS) is 12.9. The first-order chi connectivity index (χ1) is 11.9. The van der Waals surface area contributed by atoms with E-state index in [1.807, 2.05) is 27.0 Å². The van der Waals surface area contributed by atoms with Crippen LogP contribution < -0.4 is 5.32 Å². The van der Waals surface area contributed by atoms with Crippen LogP contribution in [0.2, 0.25) is 0 Å². The molecule has 0 saturated carbocycles. The summed E-state index contributed by atoms with van der Waals surface area (Å²) >= 11 is 0. The van der Waals surface area contributed by atoms with Crippen LogP contribution in [0.15, 0.2) is 24.3 Å². The fourth-order valence-electron chi connectivity index (χ4n) is 2.05. The molecule has 0 aliphatic rings. The number of carbonyl (C=O) groups is 1. The van der Waals surface area contributed by atoms with Crippen LogP contribution in [0.25, 0.3) is 6.08 Å². The van der Waals surface area contributed by atoms with E-state index < -0.39 is 0 Å². The number of hydrogen-bond donors (Lipinski definition) is 1. The molecule has 0 amide bonds. The number of benzene rings is 1. The Bertz CT molecular complexity index is 564. The first-order valence-corrected chi connectivity index (χ1v) is 11.1. The van der Waals surface area contributed by atoms with Gasteiger partial charge in [0.2, 0.25) is 0 Å². The summed E-state index contributed by atoms with van der Waals surface area (Å²) in [5.74, 6) is 0.676. The van der Waals surface area contributed by atoms with E-state index in [4.69, 9.17) is 4.74 Å². The standard InChI is InChI=1S/C19H28FNO2S2/c1-14(2)19(22)8-6-16-5-7-18(20)17(11-16)9-10-23-15(3)12-21-13-25-24-4/h5-8,11,14-15,21H,9-10,12-13H2,1-4H3/b8-6+/t15-/m0/s1. The maximum Gasteiger partial charge on any atom is 0.158 e. The Kier molecular flexibility index (Phi) is 11.1. The number of halogens is 1. The molecule has 3 nitrogen and oxygen atoms in total. The van der Waals surface area contributed by atoms with E-state index >= 15 is 0 Å². The van der Waals surface area contributed by atoms with Crippen molar-refractivity contribution in [3.8, 4) is 0 Å². The number of nitrogens with one attached hydrogen (secondary N) is 1. The second kappa shape index (κ2) is 12.5. The molecule has 0 heterocycles. The quantitative estimate of drug-likeness (QED) is 0.247. The van der Waals surface area contributed by atoms with Crippen molar-refractivity contribution in [3.63, 3.8) is 0 Å². The van der Waals surface area contributed by atoms with Crippen LogP contribution in [0.1, 0.15) is 31.9 Å². The van der Waals surface area contributed by atoms with Gasteiger partial charge in [-0.1, -0.05) is 47.6 Å². The SMILES string of the molecule is CSSCNC[C@H](C)OCCc1cc(/C=C/C(=O)C(C)C)ccc1F. The van der Waals surface area contributed by atoms with Crippen molar-refractivity contribution in [1.82, 2.24) is 5.32 Å². The van der Waals surface area contributed by atoms with Crippen LogP contribution in [-0.2, 0) is 16.0 Å². The van der Waals surface area contributed by atoms with E-state index in [0.29, 0.717) is 18.6 Å². The van der Waals surface area contributed by atoms with Gasteiger partial charge in [0.25, 0.3) is 0 Å². The molecule has 6 heteroatoms. The maximum absolute atomic E-state index is 13.9. The highest BCUT2D eigenvalue weighted by molar-refractivity contribution is 8.76. The zero-order valence-corrected chi connectivity index (χ0v) is 17.0. The van der Waals surface area contributed by atoms with Crippen molar-refractivity contribution >= 4 is 33.4 Å². The number of allylic oxidation sites excluding steroid dienone is 1. The van der Waals surface area contributed by atoms with E-state index in [9.17, 15) is 9.18 Å². The predicted octanol–water partition coefficient (Wildman–Crippen LogP) is 4.57. The first kappa shape index (κ1) is 22.2. The molecule has 0 radical (unpaired) electrons. The minimum absolute atomic E-state index is 0.0333. The summed E-state index contributed by atoms with van der Waals surface area (Å²) in [4.78, 5) is 11.7. The second-order valence-electron chi connectivity index (χ2n) is 6.06. The molecule has 1 aromatic carbocycles. The summed E-state index contributed by atoms with van der Waals surface area (Å²) in [5, 5.41) is 3.29. The Labute approximate surface area is 158 Å². The van der Waals surface area contributed by atoms with Crippen molar-refractivity contribution in [3.05, 3.63) is 41.2 Å². The van der Waals surface area contributed by atoms with Gasteiger partial charge in [0.1, 0.15) is 5.82 Å². The summed E-state index contributed by atoms with van der Waals surface area (Å²) in [6.07, 6.45) is 5.93. The highest BCUT2D eigenvalue weighted by Crippen LogP contribution is 2.15. The van der Waals surface area contributed by atoms with E-state index in [-0.39, 0.29) is 23.6 Å². The van der Waals surface area contributed by atoms with E-state index in [1.165, 1.54) is 6.07 Å². The fraction of sp³-hybridized carbons (Fsp3) is 0.526. The summed E-state index contributed by atoms with van der Waals surface area (Å²) in [7, 11) is 3.48. The van der Waals surface area contributed by atoms with Crippen LogP contribution in [0.3, 0.4) is 0 Å². The van der Waals surface area contributed by atoms with E-state index in [1.54, 1.807) is 45.9 Å². The molecule has 25 heavy (non-hydrogen) atoms. The third-order valence-electron chi connectivity index (χ3n) is 3.56. The Morgan fingerprint density at radius 1 is 1.36 bits per heavy atom. The lowest BCUT2D eigenvalue weighted by atomic mass is 10.0. The van der Waals surface area contributed by atoms with E-state index in [2.05, 4.69) is 5.32 Å². The number of ketones is 1. The van der Waals surface area contributed by atoms with Crippen LogP contribution >= 0.6 is 21.6 Å². The summed E-state index contributed by atoms with van der Waals surface area (Å²) in [5.41, 5.74) is 1.44. The molecular weight excluding hydrogens is 357 g/mol. The summed E-state index contributed by atoms with van der Waals surface area (Å²) in [6, 6.07) is 4.90. The van der Waals surface area contributed by atoms with Crippen LogP contribution in [0, 0.1) is 11.7 Å². The minimum atomic E-state index is -0.238. The van der Waals surface area contributed by atoms with Crippen LogP contribution in [-0.4, -0.2) is 37.2 Å². The highest BCUT2D eigenvalue weighted by Gasteiger charge is 2.07. The zero-order valence-electron chi connectivity index (χ0n) is 15.4. The Morgan fingerprint density at radius 2 is 2.12 bits per heavy atom. The van der Waals surface area contributed by atoms with Gasteiger partial charge in [0.15, 0.2) is 5.78 Å². The minimum Gasteiger partial charge on any atom is -0.377 e. The lowest BCUT2D eigenvalue weighted by molar-refractivity contribution is -0.117. The van der Waals surface area contributed by atoms with Crippen molar-refractivity contribution in [2.75, 3.05) is 25.3 Å². The zero-order chi connectivity index (χ0) is 18.7. The number of carbonyl (C=O) groups excluding carboxylic acids is 1. The monoisotopic (exact) mass is 385 g/mol. The molecule has 140 valence electrons. The van der Waals surface area contributed by atoms with Gasteiger partial charge < -0.3 is 10.1 Å². The highest BCUT2D eigenvalue weighted by atomic mass is 33.1. The van der Waals surface area contributed by atoms with Gasteiger partial charge in [-0.3, -0.25) is 4.79 Å². The third kappa shape index (κ3) is 9.45. The predicted molar refractivity (Wildman–Crippen MR) is 108 cm³/mol. The van der Waals surface area contributed by atoms with Gasteiger partial charge >= 0.3 is 0 Å². The molecule has 0 bridgehead atoms. The Balaban J connectivity index is 2.47. The van der Waals surface area contributed by atoms with E-state index in [0.717, 1.165) is 18.0 Å². The second-order valence-corrected chi connectivity index (χ2v) is 8.62. The van der Waals surface area contributed by atoms with Crippen LogP contribution in [0.4, 0.5) is 4.39 Å². The van der Waals surface area contributed by atoms with Gasteiger partial charge in [0, 0.05) is 12.5 Å². The molecule has 0 unspecified atom stereocenters. The lowest BCUT2D eigenvalue weighted by Gasteiger charge is -2.14. The smallest absolute Gasteiger partial charge is 0.158 e. The van der Waals surface area contributed by atoms with Crippen LogP contribution in [0.5, 0.6) is 0 Å². The Hall–Kier alpha value is -0.820. The van der Waals surface area contributed by atoms with Gasteiger partial charge in [-0.15, -0.1) is 0 Å². The van der Waals surface area contributed by atoms with Gasteiger partial charge in [-0.25, -0.2) is 4.39 Å². The molecule has 0 spiro atoms. The van der Waals surface area contributed by atoms with Crippen molar-refractivity contribution in [2.24, 2.45) is 5.92 Å². The van der Waals surface area contributed by atoms with Crippen molar-refractivity contribution in [2.45, 2.75) is 33.3 Å². The van der Waals surface area contributed by atoms with Gasteiger partial charge in [0.05, 0.1) is 18.6 Å². The topological polar surface area (TPSA) is 38.3 Å². The third-order valence-corrected chi connectivity index (χ3v) is 5.18.